The molecule has 0 radical (unpaired) electrons. The van der Waals surface area contributed by atoms with Crippen molar-refractivity contribution in [3.05, 3.63) is 0 Å². The summed E-state index contributed by atoms with van der Waals surface area (Å²) in [5.41, 5.74) is -0.438. The van der Waals surface area contributed by atoms with E-state index in [1.807, 2.05) is 55.4 Å². The van der Waals surface area contributed by atoms with Gasteiger partial charge in [0.15, 0.2) is 99.8 Å². The zero-order valence-corrected chi connectivity index (χ0v) is 93.8. The molecule has 3 atom stereocenters. The molecule has 2 N–H and O–H groups in total. The Hall–Kier alpha value is 0.870. The van der Waals surface area contributed by atoms with Crippen molar-refractivity contribution in [1.29, 1.82) is 0 Å². The van der Waals surface area contributed by atoms with Gasteiger partial charge in [-0.15, -0.1) is 0 Å². The van der Waals surface area contributed by atoms with Gasteiger partial charge < -0.3 is 69.5 Å². The third-order valence-corrected chi connectivity index (χ3v) is 62.3. The van der Waals surface area contributed by atoms with Crippen molar-refractivity contribution in [2.75, 3.05) is 26.3 Å². The quantitative estimate of drug-likeness (QED) is 0.0328. The predicted molar refractivity (Wildman–Crippen MR) is 489 cm³/mol. The second-order valence-corrected chi connectivity index (χ2v) is 109. The van der Waals surface area contributed by atoms with Gasteiger partial charge in [0.2, 0.25) is 11.8 Å². The SMILES string of the molecule is CC(C)C(C)C(=O)NCCC[Si](O[Si](C)(C)C)(O[Si](C)(C)C)O[Si](C)(C)C.CCC(C)(C)C(=O)OCCC[Si](O[Si](C)(C)C)(O[Si](C)(C)C)O[Si](C)(C)C.CCC(C)C(=O)NCCC[Si](O[Si](C)(C)C)(O[Si](C)(C)C)O[Si](C)(C)C.CCC(C)C(=O)OCCC[Si](O[Si](C)(C)C)(O[Si](C)(C)C)O[Si](C)(C)C. The molecule has 0 saturated carbocycles. The number of hydrogen-bond donors (Lipinski definition) is 2. The van der Waals surface area contributed by atoms with Crippen molar-refractivity contribution >= 4 is 159 Å². The highest BCUT2D eigenvalue weighted by Gasteiger charge is 2.54. The minimum Gasteiger partial charge on any atom is -0.465 e. The average molecular weight is 1780 g/mol. The molecule has 0 rings (SSSR count). The molecule has 2 amide bonds. The molecule has 0 fully saturated rings. The number of esters is 2. The van der Waals surface area contributed by atoms with Crippen LogP contribution in [-0.4, -0.2) is 185 Å². The molecule has 20 nitrogen and oxygen atoms in total. The highest BCUT2D eigenvalue weighted by molar-refractivity contribution is 6.93. The Balaban J connectivity index is -0.000000654. The van der Waals surface area contributed by atoms with Gasteiger partial charge in [-0.3, -0.25) is 19.2 Å². The lowest BCUT2D eigenvalue weighted by atomic mass is 9.91. The Kier molecular flexibility index (Phi) is 49.9. The van der Waals surface area contributed by atoms with E-state index in [9.17, 15) is 19.2 Å². The normalized spacial score (nSPS) is 14.9. The minimum atomic E-state index is -2.83. The lowest BCUT2D eigenvalue weighted by Gasteiger charge is -2.43. The standard InChI is InChI=1S/C18H45NO4Si4.C18H44O5Si4.C17H43NO4Si4.C17H42O5Si4/c1-16(2)17(3)18(20)19-14-13-15-27(21-24(4,5)6,22-25(7,8)9)23-26(10,11)12;1-13-18(2,3)17(19)20-15-14-16-27(21-24(4,5)6,22-25(7,8)9)23-26(10,11)12;1-12-16(2)17(19)18-14-13-15-26(20-23(3,4)5,21-24(6,7)8)22-25(9,10)11;1-12-16(2)17(18)19-14-13-15-26(20-23(3,4)5,21-24(6,7)8)22-25(9,10)11/h16-17H,13-15H2,1-12H3,(H,19,20);13-16H2,1-12H3;16H,12-15H2,1-11H3,(H,18,19);16H,12-15H2,1-11H3. The highest BCUT2D eigenvalue weighted by atomic mass is 28.5. The molecule has 0 spiro atoms. The zero-order chi connectivity index (χ0) is 85.0. The third kappa shape index (κ3) is 63.1. The fourth-order valence-corrected chi connectivity index (χ4v) is 68.4. The summed E-state index contributed by atoms with van der Waals surface area (Å²) in [5, 5.41) is 6.12. The summed E-state index contributed by atoms with van der Waals surface area (Å²) >= 11 is 0. The summed E-state index contributed by atoms with van der Waals surface area (Å²) in [6, 6.07) is 2.94. The number of carbonyl (C=O) groups is 4. The van der Waals surface area contributed by atoms with Crippen molar-refractivity contribution in [3.63, 3.8) is 0 Å². The smallest absolute Gasteiger partial charge is 0.465 e. The fraction of sp³-hybridized carbons (Fsp3) is 0.943. The Labute approximate surface area is 671 Å². The summed E-state index contributed by atoms with van der Waals surface area (Å²) in [6.45, 7) is 101. The van der Waals surface area contributed by atoms with Gasteiger partial charge in [0, 0.05) is 49.1 Å². The maximum atomic E-state index is 12.2. The van der Waals surface area contributed by atoms with E-state index in [-0.39, 0.29) is 41.5 Å². The highest BCUT2D eigenvalue weighted by Crippen LogP contribution is 2.35. The molecule has 0 aliphatic carbocycles. The van der Waals surface area contributed by atoms with Gasteiger partial charge in [0.05, 0.1) is 24.5 Å². The van der Waals surface area contributed by atoms with E-state index in [2.05, 4.69) is 260 Å². The monoisotopic (exact) mass is 1780 g/mol. The van der Waals surface area contributed by atoms with E-state index in [1.54, 1.807) is 0 Å². The second-order valence-electron chi connectivity index (χ2n) is 41.5. The van der Waals surface area contributed by atoms with Crippen molar-refractivity contribution in [1.82, 2.24) is 10.6 Å². The van der Waals surface area contributed by atoms with Gasteiger partial charge >= 0.3 is 47.2 Å². The van der Waals surface area contributed by atoms with Gasteiger partial charge in [-0.1, -0.05) is 55.4 Å². The molecular weight excluding hydrogens is 1610 g/mol. The van der Waals surface area contributed by atoms with Crippen LogP contribution in [0.4, 0.5) is 0 Å². The Bertz CT molecular complexity index is 2260. The van der Waals surface area contributed by atoms with Crippen LogP contribution in [0, 0.1) is 29.1 Å². The summed E-state index contributed by atoms with van der Waals surface area (Å²) in [4.78, 5) is 48.4. The number of carbonyl (C=O) groups excluding carboxylic acids is 4. The van der Waals surface area contributed by atoms with Crippen molar-refractivity contribution < 1.29 is 78.0 Å². The molecule has 3 unspecified atom stereocenters. The first-order valence-electron chi connectivity index (χ1n) is 39.9. The zero-order valence-electron chi connectivity index (χ0n) is 77.8. The van der Waals surface area contributed by atoms with Crippen molar-refractivity contribution in [3.8, 4) is 0 Å². The van der Waals surface area contributed by atoms with Crippen LogP contribution in [0.15, 0.2) is 0 Å². The second kappa shape index (κ2) is 46.7. The van der Waals surface area contributed by atoms with E-state index in [0.29, 0.717) is 57.2 Å². The van der Waals surface area contributed by atoms with Crippen LogP contribution in [0.3, 0.4) is 0 Å². The van der Waals surface area contributed by atoms with Crippen LogP contribution in [0.1, 0.15) is 114 Å². The Morgan fingerprint density at radius 2 is 0.509 bits per heavy atom. The number of rotatable bonds is 48. The van der Waals surface area contributed by atoms with Gasteiger partial charge in [0.25, 0.3) is 0 Å². The van der Waals surface area contributed by atoms with Crippen molar-refractivity contribution in [2.45, 2.75) is 374 Å². The van der Waals surface area contributed by atoms with E-state index < -0.39 is 140 Å². The largest absolute Gasteiger partial charge is 0.469 e. The number of nitrogens with one attached hydrogen (secondary N) is 2. The maximum Gasteiger partial charge on any atom is 0.469 e. The van der Waals surface area contributed by atoms with E-state index in [0.717, 1.165) is 44.2 Å². The van der Waals surface area contributed by atoms with E-state index in [1.165, 1.54) is 0 Å². The van der Waals surface area contributed by atoms with Crippen LogP contribution in [0.2, 0.25) is 260 Å². The topological polar surface area (TPSA) is 222 Å². The van der Waals surface area contributed by atoms with Crippen LogP contribution < -0.4 is 10.6 Å². The fourth-order valence-electron chi connectivity index (χ4n) is 9.88. The first-order chi connectivity index (χ1) is 46.6. The Morgan fingerprint density at radius 3 is 0.708 bits per heavy atom. The minimum absolute atomic E-state index is 0.0294. The van der Waals surface area contributed by atoms with Crippen LogP contribution in [0.25, 0.3) is 0 Å². The molecule has 0 bridgehead atoms. The third-order valence-electron chi connectivity index (χ3n) is 14.1. The molecule has 36 heteroatoms. The van der Waals surface area contributed by atoms with Gasteiger partial charge in [0.1, 0.15) is 0 Å². The predicted octanol–water partition coefficient (Wildman–Crippen LogP) is 21.6. The summed E-state index contributed by atoms with van der Waals surface area (Å²) in [6.07, 6.45) is 5.50. The van der Waals surface area contributed by atoms with Crippen LogP contribution in [-0.2, 0) is 78.0 Å². The molecule has 0 saturated heterocycles. The molecule has 106 heavy (non-hydrogen) atoms. The molecule has 0 aromatic heterocycles. The molecule has 0 heterocycles. The average Bonchev–Trinajstić information content (AvgIpc) is 0.824. The van der Waals surface area contributed by atoms with Gasteiger partial charge in [-0.2, -0.15) is 0 Å². The number of hydrogen-bond acceptors (Lipinski definition) is 18. The summed E-state index contributed by atoms with van der Waals surface area (Å²) < 4.78 is 90.6. The first-order valence-corrected chi connectivity index (χ1v) is 88.6. The van der Waals surface area contributed by atoms with Gasteiger partial charge in [-0.25, -0.2) is 0 Å². The lowest BCUT2D eigenvalue weighted by molar-refractivity contribution is -0.154. The van der Waals surface area contributed by atoms with E-state index in [4.69, 9.17) is 58.9 Å². The molecule has 636 valence electrons. The molecule has 0 aliphatic rings. The van der Waals surface area contributed by atoms with Crippen molar-refractivity contribution in [2.24, 2.45) is 29.1 Å². The summed E-state index contributed by atoms with van der Waals surface area (Å²) in [7, 11) is -33.3. The molecular formula is C70H174N2O18Si16. The lowest BCUT2D eigenvalue weighted by Crippen LogP contribution is -2.60. The van der Waals surface area contributed by atoms with Gasteiger partial charge in [-0.05, 0) is 300 Å². The van der Waals surface area contributed by atoms with Crippen LogP contribution >= 0.6 is 0 Å². The Morgan fingerprint density at radius 1 is 0.302 bits per heavy atom. The first kappa shape index (κ1) is 113. The molecule has 0 aromatic carbocycles. The van der Waals surface area contributed by atoms with Crippen LogP contribution in [0.5, 0.6) is 0 Å². The maximum absolute atomic E-state index is 12.2. The number of amides is 2. The molecule has 0 aliphatic heterocycles. The summed E-state index contributed by atoms with van der Waals surface area (Å²) in [5.74, 6) is 0.381. The van der Waals surface area contributed by atoms with E-state index >= 15 is 0 Å². The molecule has 0 aromatic rings. The number of ether oxygens (including phenoxy) is 2.